The molecule has 2 N–H and O–H groups in total. The van der Waals surface area contributed by atoms with E-state index in [1.807, 2.05) is 37.3 Å². The Balaban J connectivity index is 1.65. The predicted octanol–water partition coefficient (Wildman–Crippen LogP) is 3.68. The van der Waals surface area contributed by atoms with Crippen molar-refractivity contribution in [3.05, 3.63) is 65.4 Å². The summed E-state index contributed by atoms with van der Waals surface area (Å²) in [6.45, 7) is 2.00. The summed E-state index contributed by atoms with van der Waals surface area (Å²) in [6.07, 6.45) is 2.85. The van der Waals surface area contributed by atoms with Gasteiger partial charge in [0.15, 0.2) is 0 Å². The van der Waals surface area contributed by atoms with E-state index in [0.717, 1.165) is 33.4 Å². The molecular formula is C20H17N3O2. The molecule has 5 nitrogen and oxygen atoms in total. The number of amides is 2. The maximum atomic E-state index is 12.7. The molecule has 0 radical (unpaired) electrons. The molecule has 1 aromatic heterocycles. The van der Waals surface area contributed by atoms with Crippen LogP contribution in [0.4, 0.5) is 11.4 Å². The third-order valence-corrected chi connectivity index (χ3v) is 4.48. The summed E-state index contributed by atoms with van der Waals surface area (Å²) in [4.78, 5) is 28.5. The van der Waals surface area contributed by atoms with Gasteiger partial charge >= 0.3 is 0 Å². The van der Waals surface area contributed by atoms with Gasteiger partial charge in [0.1, 0.15) is 0 Å². The van der Waals surface area contributed by atoms with E-state index in [-0.39, 0.29) is 11.8 Å². The lowest BCUT2D eigenvalue weighted by atomic mass is 10.00. The lowest BCUT2D eigenvalue weighted by Gasteiger charge is -2.17. The number of carbonyl (C=O) groups is 2. The van der Waals surface area contributed by atoms with Crippen LogP contribution < -0.4 is 10.6 Å². The van der Waals surface area contributed by atoms with Gasteiger partial charge in [0.2, 0.25) is 5.91 Å². The van der Waals surface area contributed by atoms with Crippen LogP contribution in [0, 0.1) is 6.92 Å². The zero-order valence-corrected chi connectivity index (χ0v) is 13.8. The number of aryl methyl sites for hydroxylation is 2. The molecule has 25 heavy (non-hydrogen) atoms. The first-order valence-corrected chi connectivity index (χ1v) is 8.20. The van der Waals surface area contributed by atoms with Crippen LogP contribution in [0.15, 0.2) is 48.7 Å². The smallest absolute Gasteiger partial charge is 0.255 e. The summed E-state index contributed by atoms with van der Waals surface area (Å²) < 4.78 is 0. The Kier molecular flexibility index (Phi) is 3.69. The molecule has 0 fully saturated rings. The normalized spacial score (nSPS) is 13.2. The van der Waals surface area contributed by atoms with Gasteiger partial charge in [-0.2, -0.15) is 0 Å². The number of anilines is 2. The fourth-order valence-corrected chi connectivity index (χ4v) is 3.14. The molecule has 0 saturated heterocycles. The fraction of sp³-hybridized carbons (Fsp3) is 0.150. The molecule has 2 heterocycles. The summed E-state index contributed by atoms with van der Waals surface area (Å²) in [6, 6.07) is 13.0. The lowest BCUT2D eigenvalue weighted by molar-refractivity contribution is -0.116. The van der Waals surface area contributed by atoms with Gasteiger partial charge in [-0.05, 0) is 60.9 Å². The maximum absolute atomic E-state index is 12.7. The number of nitrogens with zero attached hydrogens (tertiary/aromatic N) is 1. The van der Waals surface area contributed by atoms with Crippen molar-refractivity contribution >= 4 is 34.1 Å². The first-order chi connectivity index (χ1) is 12.1. The van der Waals surface area contributed by atoms with E-state index in [1.165, 1.54) is 0 Å². The van der Waals surface area contributed by atoms with Gasteiger partial charge in [-0.1, -0.05) is 6.07 Å². The topological polar surface area (TPSA) is 71.1 Å². The van der Waals surface area contributed by atoms with Gasteiger partial charge in [0.25, 0.3) is 5.91 Å². The Morgan fingerprint density at radius 3 is 2.92 bits per heavy atom. The zero-order valence-electron chi connectivity index (χ0n) is 13.8. The Hall–Kier alpha value is -3.21. The SMILES string of the molecule is Cc1ccc(NC(=O)c2ccc3c(c2)CCC(=O)N3)c2cccnc12. The zero-order chi connectivity index (χ0) is 17.4. The number of rotatable bonds is 2. The number of aromatic nitrogens is 1. The van der Waals surface area contributed by atoms with Gasteiger partial charge in [-0.3, -0.25) is 14.6 Å². The molecule has 4 rings (SSSR count). The van der Waals surface area contributed by atoms with Gasteiger partial charge in [0, 0.05) is 29.3 Å². The van der Waals surface area contributed by atoms with Gasteiger partial charge < -0.3 is 10.6 Å². The van der Waals surface area contributed by atoms with E-state index < -0.39 is 0 Å². The van der Waals surface area contributed by atoms with Crippen molar-refractivity contribution in [3.8, 4) is 0 Å². The summed E-state index contributed by atoms with van der Waals surface area (Å²) in [5, 5.41) is 6.72. The number of benzene rings is 2. The first-order valence-electron chi connectivity index (χ1n) is 8.20. The van der Waals surface area contributed by atoms with Crippen LogP contribution in [0.1, 0.15) is 27.9 Å². The minimum Gasteiger partial charge on any atom is -0.326 e. The van der Waals surface area contributed by atoms with E-state index >= 15 is 0 Å². The minimum atomic E-state index is -0.172. The van der Waals surface area contributed by atoms with Crippen molar-refractivity contribution in [1.82, 2.24) is 4.98 Å². The second-order valence-corrected chi connectivity index (χ2v) is 6.20. The van der Waals surface area contributed by atoms with E-state index in [1.54, 1.807) is 18.3 Å². The average molecular weight is 331 g/mol. The summed E-state index contributed by atoms with van der Waals surface area (Å²) in [5.74, 6) is -0.156. The van der Waals surface area contributed by atoms with Crippen LogP contribution in [-0.4, -0.2) is 16.8 Å². The standard InChI is InChI=1S/C20H17N3O2/c1-12-4-7-17(15-3-2-10-21-19(12)15)23-20(25)14-5-8-16-13(11-14)6-9-18(24)22-16/h2-5,7-8,10-11H,6,9H2,1H3,(H,22,24)(H,23,25). The molecule has 0 spiro atoms. The highest BCUT2D eigenvalue weighted by atomic mass is 16.2. The van der Waals surface area contributed by atoms with Crippen molar-refractivity contribution in [2.24, 2.45) is 0 Å². The van der Waals surface area contributed by atoms with E-state index in [9.17, 15) is 9.59 Å². The molecule has 124 valence electrons. The van der Waals surface area contributed by atoms with Crippen LogP contribution in [-0.2, 0) is 11.2 Å². The summed E-state index contributed by atoms with van der Waals surface area (Å²) >= 11 is 0. The minimum absolute atomic E-state index is 0.0170. The van der Waals surface area contributed by atoms with E-state index in [4.69, 9.17) is 0 Å². The molecule has 0 atom stereocenters. The third kappa shape index (κ3) is 2.85. The first kappa shape index (κ1) is 15.3. The molecule has 0 unspecified atom stereocenters. The van der Waals surface area contributed by atoms with E-state index in [0.29, 0.717) is 18.4 Å². The molecule has 0 saturated carbocycles. The molecular weight excluding hydrogens is 314 g/mol. The molecule has 1 aliphatic heterocycles. The highest BCUT2D eigenvalue weighted by Gasteiger charge is 2.17. The van der Waals surface area contributed by atoms with Gasteiger partial charge in [-0.15, -0.1) is 0 Å². The van der Waals surface area contributed by atoms with Crippen molar-refractivity contribution < 1.29 is 9.59 Å². The highest BCUT2D eigenvalue weighted by molar-refractivity contribution is 6.09. The summed E-state index contributed by atoms with van der Waals surface area (Å²) in [7, 11) is 0. The van der Waals surface area contributed by atoms with Crippen LogP contribution >= 0.6 is 0 Å². The van der Waals surface area contributed by atoms with Crippen molar-refractivity contribution in [3.63, 3.8) is 0 Å². The number of carbonyl (C=O) groups excluding carboxylic acids is 2. The van der Waals surface area contributed by atoms with Gasteiger partial charge in [-0.25, -0.2) is 0 Å². The molecule has 0 aliphatic carbocycles. The number of hydrogen-bond acceptors (Lipinski definition) is 3. The molecule has 1 aliphatic rings. The second kappa shape index (κ2) is 6.02. The Labute approximate surface area is 145 Å². The van der Waals surface area contributed by atoms with Crippen LogP contribution in [0.25, 0.3) is 10.9 Å². The number of nitrogens with one attached hydrogen (secondary N) is 2. The van der Waals surface area contributed by atoms with Crippen LogP contribution in [0.5, 0.6) is 0 Å². The molecule has 0 bridgehead atoms. The number of fused-ring (bicyclic) bond motifs is 2. The fourth-order valence-electron chi connectivity index (χ4n) is 3.14. The second-order valence-electron chi connectivity index (χ2n) is 6.20. The van der Waals surface area contributed by atoms with Crippen molar-refractivity contribution in [2.45, 2.75) is 19.8 Å². The highest BCUT2D eigenvalue weighted by Crippen LogP contribution is 2.27. The Morgan fingerprint density at radius 1 is 1.16 bits per heavy atom. The lowest BCUT2D eigenvalue weighted by Crippen LogP contribution is -2.20. The average Bonchev–Trinajstić information content (AvgIpc) is 2.63. The van der Waals surface area contributed by atoms with Crippen LogP contribution in [0.2, 0.25) is 0 Å². The Morgan fingerprint density at radius 2 is 2.04 bits per heavy atom. The predicted molar refractivity (Wildman–Crippen MR) is 97.8 cm³/mol. The maximum Gasteiger partial charge on any atom is 0.255 e. The monoisotopic (exact) mass is 331 g/mol. The van der Waals surface area contributed by atoms with E-state index in [2.05, 4.69) is 15.6 Å². The third-order valence-electron chi connectivity index (χ3n) is 4.48. The molecule has 2 aromatic carbocycles. The van der Waals surface area contributed by atoms with Crippen molar-refractivity contribution in [1.29, 1.82) is 0 Å². The Bertz CT molecular complexity index is 1010. The van der Waals surface area contributed by atoms with Gasteiger partial charge in [0.05, 0.1) is 11.2 Å². The quantitative estimate of drug-likeness (QED) is 0.752. The number of pyridine rings is 1. The largest absolute Gasteiger partial charge is 0.326 e. The molecule has 2 amide bonds. The summed E-state index contributed by atoms with van der Waals surface area (Å²) in [5.41, 5.74) is 5.05. The van der Waals surface area contributed by atoms with Crippen molar-refractivity contribution in [2.75, 3.05) is 10.6 Å². The number of hydrogen-bond donors (Lipinski definition) is 2. The van der Waals surface area contributed by atoms with Crippen LogP contribution in [0.3, 0.4) is 0 Å². The molecule has 3 aromatic rings. The molecule has 5 heteroatoms.